The monoisotopic (exact) mass is 416 g/mol. The number of aliphatic carboxylic acids is 1. The third-order valence-electron chi connectivity index (χ3n) is 3.88. The number of amidine groups is 1. The predicted molar refractivity (Wildman–Crippen MR) is 115 cm³/mol. The van der Waals surface area contributed by atoms with Crippen molar-refractivity contribution in [2.75, 3.05) is 0 Å². The molecule has 0 spiro atoms. The Kier molecular flexibility index (Phi) is 8.60. The van der Waals surface area contributed by atoms with Crippen molar-refractivity contribution < 1.29 is 19.5 Å². The van der Waals surface area contributed by atoms with E-state index in [1.54, 1.807) is 6.08 Å². The van der Waals surface area contributed by atoms with Gasteiger partial charge in [0, 0.05) is 12.6 Å². The van der Waals surface area contributed by atoms with Crippen LogP contribution in [-0.2, 0) is 14.4 Å². The lowest BCUT2D eigenvalue weighted by molar-refractivity contribution is -0.142. The highest BCUT2D eigenvalue weighted by Gasteiger charge is 2.33. The van der Waals surface area contributed by atoms with E-state index in [4.69, 9.17) is 0 Å². The molecule has 9 heteroatoms. The average molecular weight is 417 g/mol. The Bertz CT molecular complexity index is 821. The van der Waals surface area contributed by atoms with Crippen molar-refractivity contribution in [2.24, 2.45) is 16.1 Å². The van der Waals surface area contributed by atoms with Gasteiger partial charge in [0.1, 0.15) is 11.3 Å². The van der Waals surface area contributed by atoms with Gasteiger partial charge in [0.15, 0.2) is 5.17 Å². The summed E-state index contributed by atoms with van der Waals surface area (Å²) >= 11 is 1.09. The number of hydrogen-bond acceptors (Lipinski definition) is 6. The fourth-order valence-corrected chi connectivity index (χ4v) is 3.47. The fourth-order valence-electron chi connectivity index (χ4n) is 2.54. The summed E-state index contributed by atoms with van der Waals surface area (Å²) in [4.78, 5) is 35.4. The van der Waals surface area contributed by atoms with Gasteiger partial charge in [-0.1, -0.05) is 62.0 Å². The van der Waals surface area contributed by atoms with Gasteiger partial charge in [-0.3, -0.25) is 9.59 Å². The van der Waals surface area contributed by atoms with Gasteiger partial charge in [-0.2, -0.15) is 5.10 Å². The summed E-state index contributed by atoms with van der Waals surface area (Å²) in [7, 11) is 0. The highest BCUT2D eigenvalue weighted by atomic mass is 32.2. The van der Waals surface area contributed by atoms with Crippen molar-refractivity contribution >= 4 is 47.0 Å². The first-order chi connectivity index (χ1) is 13.8. The van der Waals surface area contributed by atoms with Gasteiger partial charge in [0.25, 0.3) is 0 Å². The first-order valence-electron chi connectivity index (χ1n) is 9.17. The van der Waals surface area contributed by atoms with Gasteiger partial charge in [0.2, 0.25) is 11.8 Å². The zero-order valence-electron chi connectivity index (χ0n) is 16.2. The molecule has 0 aliphatic carbocycles. The molecule has 8 nitrogen and oxygen atoms in total. The number of nitrogens with zero attached hydrogens (tertiary/aromatic N) is 2. The molecule has 1 aromatic rings. The van der Waals surface area contributed by atoms with Gasteiger partial charge < -0.3 is 15.7 Å². The Morgan fingerprint density at radius 3 is 2.69 bits per heavy atom. The van der Waals surface area contributed by atoms with Gasteiger partial charge >= 0.3 is 5.97 Å². The molecule has 0 aromatic heterocycles. The Morgan fingerprint density at radius 2 is 2.03 bits per heavy atom. The molecule has 3 N–H and O–H groups in total. The molecule has 1 aliphatic heterocycles. The van der Waals surface area contributed by atoms with E-state index in [0.717, 1.165) is 17.3 Å². The van der Waals surface area contributed by atoms with Crippen LogP contribution < -0.4 is 10.6 Å². The van der Waals surface area contributed by atoms with Crippen molar-refractivity contribution in [3.8, 4) is 0 Å². The third kappa shape index (κ3) is 7.90. The van der Waals surface area contributed by atoms with Gasteiger partial charge in [-0.25, -0.2) is 4.79 Å². The van der Waals surface area contributed by atoms with E-state index < -0.39 is 23.2 Å². The van der Waals surface area contributed by atoms with Crippen LogP contribution in [0.25, 0.3) is 6.08 Å². The van der Waals surface area contributed by atoms with Crippen molar-refractivity contribution in [2.45, 2.75) is 38.0 Å². The maximum absolute atomic E-state index is 12.1. The lowest BCUT2D eigenvalue weighted by Gasteiger charge is -2.17. The minimum absolute atomic E-state index is 0.119. The molecule has 2 amide bonds. The van der Waals surface area contributed by atoms with Crippen molar-refractivity contribution in [1.82, 2.24) is 10.6 Å². The molecule has 0 bridgehead atoms. The molecule has 2 rings (SSSR count). The summed E-state index contributed by atoms with van der Waals surface area (Å²) in [5.74, 6) is -1.81. The van der Waals surface area contributed by atoms with Gasteiger partial charge in [-0.15, -0.1) is 5.10 Å². The van der Waals surface area contributed by atoms with E-state index in [0.29, 0.717) is 11.6 Å². The number of carboxylic acids is 1. The Balaban J connectivity index is 1.85. The quantitative estimate of drug-likeness (QED) is 0.421. The number of amides is 2. The first-order valence-corrected chi connectivity index (χ1v) is 10.1. The molecule has 29 heavy (non-hydrogen) atoms. The molecule has 2 atom stereocenters. The minimum atomic E-state index is -1.09. The molecule has 1 aliphatic rings. The summed E-state index contributed by atoms with van der Waals surface area (Å²) in [6, 6.07) is 8.73. The van der Waals surface area contributed by atoms with Crippen LogP contribution in [0.2, 0.25) is 0 Å². The molecule has 1 saturated heterocycles. The van der Waals surface area contributed by atoms with Crippen LogP contribution in [-0.4, -0.2) is 45.6 Å². The molecule has 1 heterocycles. The number of carbonyl (C=O) groups excluding carboxylic acids is 2. The molecular formula is C20H24N4O4S. The topological polar surface area (TPSA) is 120 Å². The lowest BCUT2D eigenvalue weighted by Crippen LogP contribution is -2.43. The number of benzene rings is 1. The number of rotatable bonds is 9. The number of allylic oxidation sites excluding steroid dienone is 1. The molecule has 1 aromatic carbocycles. The normalized spacial score (nSPS) is 19.2. The molecule has 0 radical (unpaired) electrons. The highest BCUT2D eigenvalue weighted by Crippen LogP contribution is 2.22. The summed E-state index contributed by atoms with van der Waals surface area (Å²) in [5, 5.41) is 21.7. The maximum atomic E-state index is 12.1. The first kappa shape index (κ1) is 22.4. The largest absolute Gasteiger partial charge is 0.480 e. The van der Waals surface area contributed by atoms with Crippen LogP contribution in [0.5, 0.6) is 0 Å². The SMILES string of the molecule is CC(C)CC(NC(=O)CC1SC(=NN=CC=Cc2ccccc2)NC1=O)C(=O)O. The van der Waals surface area contributed by atoms with Crippen LogP contribution in [0.3, 0.4) is 0 Å². The van der Waals surface area contributed by atoms with Crippen molar-refractivity contribution in [1.29, 1.82) is 0 Å². The zero-order valence-corrected chi connectivity index (χ0v) is 17.1. The number of nitrogens with one attached hydrogen (secondary N) is 2. The number of thioether (sulfide) groups is 1. The predicted octanol–water partition coefficient (Wildman–Crippen LogP) is 2.28. The Hall–Kier alpha value is -2.94. The molecule has 1 fully saturated rings. The summed E-state index contributed by atoms with van der Waals surface area (Å²) in [6.45, 7) is 3.75. The second kappa shape index (κ2) is 11.2. The van der Waals surface area contributed by atoms with E-state index in [1.165, 1.54) is 6.21 Å². The summed E-state index contributed by atoms with van der Waals surface area (Å²) in [6.07, 6.45) is 5.29. The van der Waals surface area contributed by atoms with E-state index in [-0.39, 0.29) is 18.2 Å². The highest BCUT2D eigenvalue weighted by molar-refractivity contribution is 8.15. The summed E-state index contributed by atoms with van der Waals surface area (Å²) in [5.41, 5.74) is 1.03. The van der Waals surface area contributed by atoms with Crippen molar-refractivity contribution in [3.05, 3.63) is 42.0 Å². The molecular weight excluding hydrogens is 392 g/mol. The Morgan fingerprint density at radius 1 is 1.31 bits per heavy atom. The van der Waals surface area contributed by atoms with Gasteiger partial charge in [0.05, 0.1) is 0 Å². The second-order valence-electron chi connectivity index (χ2n) is 6.83. The van der Waals surface area contributed by atoms with Crippen LogP contribution in [0.1, 0.15) is 32.3 Å². The van der Waals surface area contributed by atoms with Crippen LogP contribution in [0.4, 0.5) is 0 Å². The molecule has 2 unspecified atom stereocenters. The average Bonchev–Trinajstić information content (AvgIpc) is 3.00. The lowest BCUT2D eigenvalue weighted by atomic mass is 10.0. The van der Waals surface area contributed by atoms with Crippen molar-refractivity contribution in [3.63, 3.8) is 0 Å². The fraction of sp³-hybridized carbons (Fsp3) is 0.350. The van der Waals surface area contributed by atoms with Crippen LogP contribution in [0.15, 0.2) is 46.6 Å². The van der Waals surface area contributed by atoms with E-state index >= 15 is 0 Å². The van der Waals surface area contributed by atoms with Crippen LogP contribution >= 0.6 is 11.8 Å². The maximum Gasteiger partial charge on any atom is 0.326 e. The van der Waals surface area contributed by atoms with E-state index in [1.807, 2.05) is 50.3 Å². The minimum Gasteiger partial charge on any atom is -0.480 e. The molecule has 0 saturated carbocycles. The summed E-state index contributed by atoms with van der Waals surface area (Å²) < 4.78 is 0. The molecule has 154 valence electrons. The second-order valence-corrected chi connectivity index (χ2v) is 8.02. The number of carboxylic acid groups (broad SMARTS) is 1. The van der Waals surface area contributed by atoms with Crippen LogP contribution in [0, 0.1) is 5.92 Å². The zero-order chi connectivity index (χ0) is 21.2. The smallest absolute Gasteiger partial charge is 0.326 e. The third-order valence-corrected chi connectivity index (χ3v) is 4.95. The van der Waals surface area contributed by atoms with Gasteiger partial charge in [-0.05, 0) is 24.0 Å². The standard InChI is InChI=1S/C20H24N4O4S/c1-13(2)11-15(19(27)28)22-17(25)12-16-18(26)23-20(29-16)24-21-10-6-9-14-7-4-3-5-8-14/h3-10,13,15-16H,11-12H2,1-2H3,(H,22,25)(H,27,28)(H,23,24,26). The van der Waals surface area contributed by atoms with E-state index in [2.05, 4.69) is 20.8 Å². The van der Waals surface area contributed by atoms with E-state index in [9.17, 15) is 19.5 Å². The number of hydrogen-bond donors (Lipinski definition) is 3. The number of carbonyl (C=O) groups is 3. The Labute approximate surface area is 173 Å².